The first kappa shape index (κ1) is 33.3. The first-order chi connectivity index (χ1) is 17.6. The van der Waals surface area contributed by atoms with Gasteiger partial charge in [-0.2, -0.15) is 0 Å². The monoisotopic (exact) mass is 520 g/mol. The van der Waals surface area contributed by atoms with E-state index in [1.54, 1.807) is 31.2 Å². The summed E-state index contributed by atoms with van der Waals surface area (Å²) < 4.78 is 20.5. The molecular weight excluding hydrogens is 480 g/mol. The zero-order chi connectivity index (χ0) is 28.2. The number of primary amides is 1. The van der Waals surface area contributed by atoms with Crippen LogP contribution in [0.2, 0.25) is 0 Å². The van der Waals surface area contributed by atoms with Crippen LogP contribution in [0.5, 0.6) is 17.2 Å². The number of esters is 2. The number of methoxy groups -OCH3 is 1. The number of phenolic OH excluding ortho intramolecular Hbond substituents is 1. The van der Waals surface area contributed by atoms with Crippen LogP contribution in [0.25, 0.3) is 0 Å². The summed E-state index contributed by atoms with van der Waals surface area (Å²) in [6.45, 7) is 9.90. The van der Waals surface area contributed by atoms with Gasteiger partial charge in [-0.3, -0.25) is 14.4 Å². The molecule has 10 nitrogen and oxygen atoms in total. The number of pyridine rings is 1. The number of hydrogen-bond acceptors (Lipinski definition) is 9. The van der Waals surface area contributed by atoms with E-state index in [2.05, 4.69) is 18.8 Å². The summed E-state index contributed by atoms with van der Waals surface area (Å²) in [7, 11) is 1.38. The summed E-state index contributed by atoms with van der Waals surface area (Å²) in [6.07, 6.45) is 4.74. The van der Waals surface area contributed by atoms with E-state index in [0.717, 1.165) is 25.9 Å². The van der Waals surface area contributed by atoms with Gasteiger partial charge in [0, 0.05) is 38.6 Å². The number of phenols is 1. The molecule has 1 amide bonds. The number of aromatic hydroxyl groups is 1. The Morgan fingerprint density at radius 3 is 2.16 bits per heavy atom. The van der Waals surface area contributed by atoms with Crippen LogP contribution in [-0.2, 0) is 19.1 Å². The standard InChI is InChI=1S/C12H24O3.C9H10N2O4.C6H6O/c1-5-8-14-11(6-2)9-10(4)15-12(13)7-3;1-5(12)15-8-6(14-2)3-4-11-7(8)9(10)13;7-6-4-2-1-3-5-6/h10-11H,5-9H2,1-4H3;3-4H,1-2H3,(H2,10,13);1-5,7H. The van der Waals surface area contributed by atoms with Gasteiger partial charge in [-0.1, -0.05) is 39.0 Å². The second kappa shape index (κ2) is 19.5. The Labute approximate surface area is 219 Å². The third kappa shape index (κ3) is 15.1. The number of para-hydroxylation sites is 1. The number of carbonyl (C=O) groups is 3. The number of nitrogens with zero attached hydrogens (tertiary/aromatic N) is 1. The van der Waals surface area contributed by atoms with Crippen molar-refractivity contribution in [1.29, 1.82) is 0 Å². The van der Waals surface area contributed by atoms with Crippen molar-refractivity contribution < 1.29 is 38.4 Å². The van der Waals surface area contributed by atoms with E-state index in [1.807, 2.05) is 13.0 Å². The molecule has 2 rings (SSSR count). The maximum Gasteiger partial charge on any atom is 0.308 e. The van der Waals surface area contributed by atoms with Crippen molar-refractivity contribution in [3.8, 4) is 17.2 Å². The lowest BCUT2D eigenvalue weighted by Gasteiger charge is -2.20. The maximum atomic E-state index is 11.0. The van der Waals surface area contributed by atoms with E-state index in [4.69, 9.17) is 29.8 Å². The van der Waals surface area contributed by atoms with E-state index in [-0.39, 0.29) is 35.4 Å². The van der Waals surface area contributed by atoms with Gasteiger partial charge in [0.05, 0.1) is 13.2 Å². The molecule has 0 aliphatic heterocycles. The molecule has 0 saturated carbocycles. The van der Waals surface area contributed by atoms with Gasteiger partial charge in [-0.05, 0) is 31.9 Å². The largest absolute Gasteiger partial charge is 0.508 e. The molecule has 1 aromatic carbocycles. The van der Waals surface area contributed by atoms with Gasteiger partial charge in [0.1, 0.15) is 11.9 Å². The number of ether oxygens (including phenoxy) is 4. The van der Waals surface area contributed by atoms with Crippen LogP contribution in [0, 0.1) is 0 Å². The predicted molar refractivity (Wildman–Crippen MR) is 140 cm³/mol. The van der Waals surface area contributed by atoms with Crippen LogP contribution < -0.4 is 15.2 Å². The van der Waals surface area contributed by atoms with Crippen molar-refractivity contribution in [3.63, 3.8) is 0 Å². The Morgan fingerprint density at radius 1 is 1.08 bits per heavy atom. The SMILES string of the molecule is CCCOC(CC)CC(C)OC(=O)CC.COc1ccnc(C(N)=O)c1OC(C)=O.Oc1ccccc1. The third-order valence-corrected chi connectivity index (χ3v) is 4.55. The van der Waals surface area contributed by atoms with E-state index in [0.29, 0.717) is 12.2 Å². The first-order valence-electron chi connectivity index (χ1n) is 12.2. The lowest BCUT2D eigenvalue weighted by molar-refractivity contribution is -0.149. The summed E-state index contributed by atoms with van der Waals surface area (Å²) in [4.78, 5) is 36.5. The van der Waals surface area contributed by atoms with Gasteiger partial charge < -0.3 is 29.8 Å². The maximum absolute atomic E-state index is 11.0. The molecule has 206 valence electrons. The second-order valence-electron chi connectivity index (χ2n) is 7.78. The highest BCUT2D eigenvalue weighted by Crippen LogP contribution is 2.29. The zero-order valence-electron chi connectivity index (χ0n) is 22.6. The number of aromatic nitrogens is 1. The molecule has 2 unspecified atom stereocenters. The minimum Gasteiger partial charge on any atom is -0.508 e. The van der Waals surface area contributed by atoms with Crippen molar-refractivity contribution in [2.45, 2.75) is 72.5 Å². The Kier molecular flexibility index (Phi) is 17.6. The van der Waals surface area contributed by atoms with E-state index in [1.165, 1.54) is 26.3 Å². The highest BCUT2D eigenvalue weighted by atomic mass is 16.6. The van der Waals surface area contributed by atoms with Crippen LogP contribution in [0.15, 0.2) is 42.6 Å². The Balaban J connectivity index is 0.000000559. The molecule has 0 aliphatic rings. The summed E-state index contributed by atoms with van der Waals surface area (Å²) >= 11 is 0. The molecule has 2 aromatic rings. The summed E-state index contributed by atoms with van der Waals surface area (Å²) in [5.41, 5.74) is 4.93. The summed E-state index contributed by atoms with van der Waals surface area (Å²) in [5.74, 6) is -1.00. The van der Waals surface area contributed by atoms with E-state index < -0.39 is 11.9 Å². The highest BCUT2D eigenvalue weighted by molar-refractivity contribution is 5.95. The van der Waals surface area contributed by atoms with Gasteiger partial charge in [0.15, 0.2) is 11.4 Å². The topological polar surface area (TPSA) is 147 Å². The Hall–Kier alpha value is -3.66. The number of hydrogen-bond donors (Lipinski definition) is 2. The van der Waals surface area contributed by atoms with Crippen molar-refractivity contribution in [3.05, 3.63) is 48.3 Å². The predicted octanol–water partition coefficient (Wildman–Crippen LogP) is 4.43. The molecule has 3 N–H and O–H groups in total. The Morgan fingerprint density at radius 2 is 1.73 bits per heavy atom. The van der Waals surface area contributed by atoms with Crippen LogP contribution >= 0.6 is 0 Å². The molecule has 0 spiro atoms. The van der Waals surface area contributed by atoms with Crippen LogP contribution in [0.1, 0.15) is 70.8 Å². The lowest BCUT2D eigenvalue weighted by atomic mass is 10.1. The fourth-order valence-corrected chi connectivity index (χ4v) is 2.80. The normalized spacial score (nSPS) is 11.4. The number of benzene rings is 1. The van der Waals surface area contributed by atoms with Crippen molar-refractivity contribution in [1.82, 2.24) is 4.98 Å². The fourth-order valence-electron chi connectivity index (χ4n) is 2.80. The van der Waals surface area contributed by atoms with Crippen LogP contribution in [-0.4, -0.2) is 53.9 Å². The molecule has 0 radical (unpaired) electrons. The van der Waals surface area contributed by atoms with E-state index >= 15 is 0 Å². The molecular formula is C27H40N2O8. The van der Waals surface area contributed by atoms with Gasteiger partial charge in [-0.15, -0.1) is 0 Å². The number of rotatable bonds is 11. The van der Waals surface area contributed by atoms with Crippen molar-refractivity contribution in [2.24, 2.45) is 5.73 Å². The Bertz CT molecular complexity index is 937. The summed E-state index contributed by atoms with van der Waals surface area (Å²) in [5, 5.41) is 8.63. The highest BCUT2D eigenvalue weighted by Gasteiger charge is 2.18. The second-order valence-corrected chi connectivity index (χ2v) is 7.78. The van der Waals surface area contributed by atoms with Crippen LogP contribution in [0.4, 0.5) is 0 Å². The molecule has 0 fully saturated rings. The van der Waals surface area contributed by atoms with Crippen LogP contribution in [0.3, 0.4) is 0 Å². The molecule has 0 aliphatic carbocycles. The van der Waals surface area contributed by atoms with Gasteiger partial charge >= 0.3 is 11.9 Å². The van der Waals surface area contributed by atoms with Gasteiger partial charge in [-0.25, -0.2) is 4.98 Å². The molecule has 10 heteroatoms. The lowest BCUT2D eigenvalue weighted by Crippen LogP contribution is -2.23. The molecule has 0 saturated heterocycles. The minimum absolute atomic E-state index is 0.0424. The van der Waals surface area contributed by atoms with E-state index in [9.17, 15) is 14.4 Å². The number of nitrogens with two attached hydrogens (primary N) is 1. The average molecular weight is 521 g/mol. The molecule has 1 heterocycles. The van der Waals surface area contributed by atoms with Crippen molar-refractivity contribution >= 4 is 17.8 Å². The minimum atomic E-state index is -0.787. The number of amides is 1. The quantitative estimate of drug-likeness (QED) is 0.411. The number of carbonyl (C=O) groups excluding carboxylic acids is 3. The smallest absolute Gasteiger partial charge is 0.308 e. The fraction of sp³-hybridized carbons (Fsp3) is 0.481. The zero-order valence-corrected chi connectivity index (χ0v) is 22.6. The summed E-state index contributed by atoms with van der Waals surface area (Å²) in [6, 6.07) is 10.2. The molecule has 2 atom stereocenters. The van der Waals surface area contributed by atoms with Gasteiger partial charge in [0.2, 0.25) is 5.75 Å². The molecule has 0 bridgehead atoms. The van der Waals surface area contributed by atoms with Crippen molar-refractivity contribution in [2.75, 3.05) is 13.7 Å². The first-order valence-corrected chi connectivity index (χ1v) is 12.2. The molecule has 1 aromatic heterocycles. The third-order valence-electron chi connectivity index (χ3n) is 4.55. The van der Waals surface area contributed by atoms with Gasteiger partial charge in [0.25, 0.3) is 5.91 Å². The molecule has 37 heavy (non-hydrogen) atoms. The average Bonchev–Trinajstić information content (AvgIpc) is 2.87.